The predicted molar refractivity (Wildman–Crippen MR) is 65.9 cm³/mol. The van der Waals surface area contributed by atoms with E-state index < -0.39 is 0 Å². The Balaban J connectivity index is 2.31. The number of hydrogen-bond acceptors (Lipinski definition) is 2. The van der Waals surface area contributed by atoms with Crippen LogP contribution in [0.1, 0.15) is 25.3 Å². The molecule has 16 heavy (non-hydrogen) atoms. The van der Waals surface area contributed by atoms with Crippen molar-refractivity contribution in [3.63, 3.8) is 0 Å². The molecule has 1 saturated heterocycles. The van der Waals surface area contributed by atoms with E-state index in [1.807, 2.05) is 18.2 Å². The molecule has 2 heteroatoms. The maximum atomic E-state index is 11.3. The lowest BCUT2D eigenvalue weighted by Crippen LogP contribution is -2.18. The highest BCUT2D eigenvalue weighted by atomic mass is 16.1. The molecule has 1 fully saturated rings. The number of rotatable bonds is 3. The molecule has 1 heterocycles. The van der Waals surface area contributed by atoms with Crippen LogP contribution in [0.4, 0.5) is 0 Å². The van der Waals surface area contributed by atoms with Gasteiger partial charge in [-0.1, -0.05) is 30.3 Å². The van der Waals surface area contributed by atoms with Crippen molar-refractivity contribution in [1.29, 1.82) is 0 Å². The monoisotopic (exact) mass is 215 g/mol. The summed E-state index contributed by atoms with van der Waals surface area (Å²) in [4.78, 5) is 13.6. The molecule has 84 valence electrons. The third-order valence-electron chi connectivity index (χ3n) is 2.86. The molecule has 1 aliphatic heterocycles. The first-order chi connectivity index (χ1) is 7.77. The fraction of sp³-hybridized carbons (Fsp3) is 0.357. The van der Waals surface area contributed by atoms with Crippen LogP contribution < -0.4 is 0 Å². The molecule has 0 aromatic heterocycles. The smallest absolute Gasteiger partial charge is 0.154 e. The van der Waals surface area contributed by atoms with Crippen LogP contribution in [0, 0.1) is 0 Å². The quantitative estimate of drug-likeness (QED) is 0.722. The predicted octanol–water partition coefficient (Wildman–Crippen LogP) is 2.71. The molecule has 0 aliphatic carbocycles. The van der Waals surface area contributed by atoms with Crippen LogP contribution in [0.3, 0.4) is 0 Å². The third-order valence-corrected chi connectivity index (χ3v) is 2.86. The molecule has 0 spiro atoms. The lowest BCUT2D eigenvalue weighted by atomic mass is 10.1. The van der Waals surface area contributed by atoms with E-state index >= 15 is 0 Å². The van der Waals surface area contributed by atoms with Gasteiger partial charge in [0, 0.05) is 24.9 Å². The maximum absolute atomic E-state index is 11.3. The number of carbonyl (C=O) groups is 1. The Labute approximate surface area is 96.6 Å². The summed E-state index contributed by atoms with van der Waals surface area (Å²) in [7, 11) is 0. The van der Waals surface area contributed by atoms with Gasteiger partial charge in [0.15, 0.2) is 5.78 Å². The molecule has 0 atom stereocenters. The molecule has 0 saturated carbocycles. The summed E-state index contributed by atoms with van der Waals surface area (Å²) in [6, 6.07) is 10.2. The highest BCUT2D eigenvalue weighted by Gasteiger charge is 2.16. The Morgan fingerprint density at radius 2 is 1.81 bits per heavy atom. The second kappa shape index (κ2) is 4.97. The average Bonchev–Trinajstić information content (AvgIpc) is 2.80. The number of ketones is 1. The first kappa shape index (κ1) is 10.9. The van der Waals surface area contributed by atoms with Gasteiger partial charge in [-0.15, -0.1) is 0 Å². The minimum absolute atomic E-state index is 0.116. The van der Waals surface area contributed by atoms with Gasteiger partial charge in [0.25, 0.3) is 0 Å². The fourth-order valence-corrected chi connectivity index (χ4v) is 2.12. The van der Waals surface area contributed by atoms with E-state index in [4.69, 9.17) is 0 Å². The Hall–Kier alpha value is -1.57. The number of carbonyl (C=O) groups excluding carboxylic acids is 1. The molecular weight excluding hydrogens is 198 g/mol. The standard InChI is InChI=1S/C14H17NO/c1-12(16)11-14(15-9-5-6-10-15)13-7-3-2-4-8-13/h2-4,7-8,11H,5-6,9-10H2,1H3. The molecule has 2 rings (SSSR count). The second-order valence-electron chi connectivity index (χ2n) is 4.20. The number of allylic oxidation sites excluding steroid dienone is 1. The highest BCUT2D eigenvalue weighted by molar-refractivity contribution is 5.94. The van der Waals surface area contributed by atoms with Crippen LogP contribution in [0.5, 0.6) is 0 Å². The van der Waals surface area contributed by atoms with Gasteiger partial charge in [0.1, 0.15) is 0 Å². The van der Waals surface area contributed by atoms with Gasteiger partial charge < -0.3 is 4.90 Å². The summed E-state index contributed by atoms with van der Waals surface area (Å²) in [5.41, 5.74) is 2.21. The molecule has 0 radical (unpaired) electrons. The zero-order valence-corrected chi connectivity index (χ0v) is 9.65. The fourth-order valence-electron chi connectivity index (χ4n) is 2.12. The minimum Gasteiger partial charge on any atom is -0.371 e. The Morgan fingerprint density at radius 3 is 2.38 bits per heavy atom. The topological polar surface area (TPSA) is 20.3 Å². The van der Waals surface area contributed by atoms with Crippen molar-refractivity contribution >= 4 is 11.5 Å². The van der Waals surface area contributed by atoms with E-state index in [0.29, 0.717) is 0 Å². The Bertz CT molecular complexity index is 388. The van der Waals surface area contributed by atoms with Gasteiger partial charge in [-0.25, -0.2) is 0 Å². The van der Waals surface area contributed by atoms with Gasteiger partial charge in [-0.3, -0.25) is 4.79 Å². The van der Waals surface area contributed by atoms with E-state index in [9.17, 15) is 4.79 Å². The van der Waals surface area contributed by atoms with E-state index in [0.717, 1.165) is 24.4 Å². The van der Waals surface area contributed by atoms with E-state index in [-0.39, 0.29) is 5.78 Å². The lowest BCUT2D eigenvalue weighted by molar-refractivity contribution is -0.112. The van der Waals surface area contributed by atoms with Crippen molar-refractivity contribution < 1.29 is 4.79 Å². The number of likely N-dealkylation sites (tertiary alicyclic amines) is 1. The third kappa shape index (κ3) is 2.51. The zero-order chi connectivity index (χ0) is 11.4. The summed E-state index contributed by atoms with van der Waals surface area (Å²) < 4.78 is 0. The molecule has 1 aromatic rings. The van der Waals surface area contributed by atoms with Gasteiger partial charge in [-0.2, -0.15) is 0 Å². The molecule has 0 unspecified atom stereocenters. The van der Waals surface area contributed by atoms with Gasteiger partial charge in [0.2, 0.25) is 0 Å². The van der Waals surface area contributed by atoms with Gasteiger partial charge in [0.05, 0.1) is 0 Å². The average molecular weight is 215 g/mol. The van der Waals surface area contributed by atoms with Crippen molar-refractivity contribution in [3.05, 3.63) is 42.0 Å². The Kier molecular flexibility index (Phi) is 3.40. The molecule has 0 bridgehead atoms. The molecule has 1 aliphatic rings. The van der Waals surface area contributed by atoms with E-state index in [2.05, 4.69) is 17.0 Å². The highest BCUT2D eigenvalue weighted by Crippen LogP contribution is 2.23. The van der Waals surface area contributed by atoms with Crippen molar-refractivity contribution in [2.45, 2.75) is 19.8 Å². The van der Waals surface area contributed by atoms with Crippen LogP contribution in [-0.4, -0.2) is 23.8 Å². The summed E-state index contributed by atoms with van der Waals surface area (Å²) in [5, 5.41) is 0. The van der Waals surface area contributed by atoms with Crippen LogP contribution in [0.25, 0.3) is 5.70 Å². The van der Waals surface area contributed by atoms with Gasteiger partial charge in [-0.05, 0) is 25.3 Å². The minimum atomic E-state index is 0.116. The largest absolute Gasteiger partial charge is 0.371 e. The van der Waals surface area contributed by atoms with E-state index in [1.54, 1.807) is 13.0 Å². The van der Waals surface area contributed by atoms with Crippen LogP contribution >= 0.6 is 0 Å². The van der Waals surface area contributed by atoms with Crippen molar-refractivity contribution in [1.82, 2.24) is 4.90 Å². The first-order valence-electron chi connectivity index (χ1n) is 5.80. The van der Waals surface area contributed by atoms with Crippen molar-refractivity contribution in [2.24, 2.45) is 0 Å². The van der Waals surface area contributed by atoms with E-state index in [1.165, 1.54) is 12.8 Å². The number of nitrogens with zero attached hydrogens (tertiary/aromatic N) is 1. The summed E-state index contributed by atoms with van der Waals surface area (Å²) in [6.45, 7) is 3.74. The zero-order valence-electron chi connectivity index (χ0n) is 9.65. The summed E-state index contributed by atoms with van der Waals surface area (Å²) in [6.07, 6.45) is 4.20. The molecule has 2 nitrogen and oxygen atoms in total. The van der Waals surface area contributed by atoms with Crippen molar-refractivity contribution in [3.8, 4) is 0 Å². The second-order valence-corrected chi connectivity index (χ2v) is 4.20. The first-order valence-corrected chi connectivity index (χ1v) is 5.80. The van der Waals surface area contributed by atoms with Gasteiger partial charge >= 0.3 is 0 Å². The Morgan fingerprint density at radius 1 is 1.19 bits per heavy atom. The lowest BCUT2D eigenvalue weighted by Gasteiger charge is -2.21. The van der Waals surface area contributed by atoms with Crippen molar-refractivity contribution in [2.75, 3.05) is 13.1 Å². The van der Waals surface area contributed by atoms with Crippen LogP contribution in [0.2, 0.25) is 0 Å². The molecule has 0 N–H and O–H groups in total. The summed E-state index contributed by atoms with van der Waals surface area (Å²) >= 11 is 0. The SMILES string of the molecule is CC(=O)C=C(c1ccccc1)N1CCCC1. The molecular formula is C14H17NO. The molecule has 0 amide bonds. The normalized spacial score (nSPS) is 16.6. The molecule has 1 aromatic carbocycles. The number of hydrogen-bond donors (Lipinski definition) is 0. The maximum Gasteiger partial charge on any atom is 0.154 e. The van der Waals surface area contributed by atoms with Crippen LogP contribution in [0.15, 0.2) is 36.4 Å². The van der Waals surface area contributed by atoms with Crippen LogP contribution in [-0.2, 0) is 4.79 Å². The number of benzene rings is 1. The summed E-state index contributed by atoms with van der Waals surface area (Å²) in [5.74, 6) is 0.116.